The van der Waals surface area contributed by atoms with Gasteiger partial charge in [0.1, 0.15) is 0 Å². The van der Waals surface area contributed by atoms with E-state index in [2.05, 4.69) is 20.9 Å². The first-order valence-corrected chi connectivity index (χ1v) is 5.05. The van der Waals surface area contributed by atoms with E-state index >= 15 is 0 Å². The molecule has 1 aromatic heterocycles. The topological polar surface area (TPSA) is 88.4 Å². The Morgan fingerprint density at radius 2 is 2.27 bits per heavy atom. The van der Waals surface area contributed by atoms with Gasteiger partial charge in [-0.15, -0.1) is 0 Å². The quantitative estimate of drug-likeness (QED) is 0.543. The van der Waals surface area contributed by atoms with Crippen molar-refractivity contribution in [2.45, 2.75) is 0 Å². The third kappa shape index (κ3) is 2.92. The predicted octanol–water partition coefficient (Wildman–Crippen LogP) is 0.269. The first-order valence-electron chi connectivity index (χ1n) is 4.26. The van der Waals surface area contributed by atoms with Crippen molar-refractivity contribution in [1.29, 1.82) is 0 Å². The number of likely N-dealkylation sites (N-methyl/N-ethyl adjacent to an activating group) is 1. The van der Waals surface area contributed by atoms with Gasteiger partial charge in [-0.3, -0.25) is 4.98 Å². The minimum Gasteiger partial charge on any atom is -0.395 e. The van der Waals surface area contributed by atoms with Gasteiger partial charge in [0.05, 0.1) is 23.7 Å². The Kier molecular flexibility index (Phi) is 4.07. The summed E-state index contributed by atoms with van der Waals surface area (Å²) in [4.78, 5) is 4.11. The van der Waals surface area contributed by atoms with Crippen molar-refractivity contribution in [3.8, 4) is 0 Å². The molecule has 0 spiro atoms. The molecule has 0 bridgehead atoms. The third-order valence-corrected chi connectivity index (χ3v) is 2.36. The van der Waals surface area contributed by atoms with Gasteiger partial charge in [0, 0.05) is 17.7 Å². The molecule has 1 heterocycles. The third-order valence-electron chi connectivity index (χ3n) is 1.89. The van der Waals surface area contributed by atoms with Crippen LogP contribution in [0.15, 0.2) is 28.5 Å². The second kappa shape index (κ2) is 5.11. The smallest absolute Gasteiger partial charge is 0.0879 e. The Morgan fingerprint density at radius 3 is 2.67 bits per heavy atom. The lowest BCUT2D eigenvalue weighted by Crippen LogP contribution is -2.29. The molecule has 0 fully saturated rings. The molecule has 0 aliphatic heterocycles. The fraction of sp³-hybridized carbons (Fsp3) is 0.222. The van der Waals surface area contributed by atoms with Gasteiger partial charge in [-0.2, -0.15) is 0 Å². The Hall–Kier alpha value is -1.11. The van der Waals surface area contributed by atoms with E-state index in [0.717, 1.165) is 4.47 Å². The molecular weight excluding hydrogens is 260 g/mol. The summed E-state index contributed by atoms with van der Waals surface area (Å²) in [6.45, 7) is -0.226. The van der Waals surface area contributed by atoms with Crippen LogP contribution in [-0.4, -0.2) is 28.8 Å². The minimum atomic E-state index is -0.226. The van der Waals surface area contributed by atoms with Crippen LogP contribution in [0.4, 0.5) is 0 Å². The molecule has 0 aliphatic rings. The second-order valence-corrected chi connectivity index (χ2v) is 3.91. The summed E-state index contributed by atoms with van der Waals surface area (Å²) in [5, 5.41) is 10.4. The summed E-state index contributed by atoms with van der Waals surface area (Å²) >= 11 is 3.27. The first-order chi connectivity index (χ1) is 7.06. The van der Waals surface area contributed by atoms with Gasteiger partial charge in [0.25, 0.3) is 0 Å². The fourth-order valence-electron chi connectivity index (χ4n) is 1.07. The Balaban J connectivity index is 3.10. The number of pyridine rings is 1. The summed E-state index contributed by atoms with van der Waals surface area (Å²) in [6, 6.07) is 3.57. The van der Waals surface area contributed by atoms with Crippen molar-refractivity contribution in [2.24, 2.45) is 11.6 Å². The summed E-state index contributed by atoms with van der Waals surface area (Å²) < 4.78 is 0.866. The highest BCUT2D eigenvalue weighted by atomic mass is 79.9. The number of aromatic nitrogens is 1. The van der Waals surface area contributed by atoms with E-state index in [-0.39, 0.29) is 6.61 Å². The molecule has 15 heavy (non-hydrogen) atoms. The van der Waals surface area contributed by atoms with Crippen LogP contribution in [0, 0.1) is 0 Å². The molecule has 0 radical (unpaired) electrons. The lowest BCUT2D eigenvalue weighted by Gasteiger charge is -2.17. The number of aliphatic hydroxyl groups is 1. The predicted molar refractivity (Wildman–Crippen MR) is 62.1 cm³/mol. The molecule has 0 atom stereocenters. The molecule has 0 saturated heterocycles. The summed E-state index contributed by atoms with van der Waals surface area (Å²) in [6.07, 6.45) is 1.63. The van der Waals surface area contributed by atoms with Crippen LogP contribution in [0.2, 0.25) is 0 Å². The number of halogens is 1. The molecule has 0 saturated carbocycles. The normalized spacial score (nSPS) is 12.3. The average Bonchev–Trinajstić information content (AvgIpc) is 2.19. The van der Waals surface area contributed by atoms with Crippen LogP contribution in [0.5, 0.6) is 0 Å². The van der Waals surface area contributed by atoms with Gasteiger partial charge < -0.3 is 15.8 Å². The highest BCUT2D eigenvalue weighted by Gasteiger charge is 2.08. The van der Waals surface area contributed by atoms with E-state index in [4.69, 9.17) is 16.7 Å². The molecule has 0 amide bonds. The van der Waals surface area contributed by atoms with Gasteiger partial charge in [-0.25, -0.2) is 5.84 Å². The van der Waals surface area contributed by atoms with Crippen LogP contribution in [0.25, 0.3) is 5.70 Å². The number of rotatable bonds is 3. The molecule has 0 unspecified atom stereocenters. The van der Waals surface area contributed by atoms with Gasteiger partial charge in [-0.05, 0) is 28.1 Å². The van der Waals surface area contributed by atoms with Crippen LogP contribution < -0.4 is 11.6 Å². The van der Waals surface area contributed by atoms with Gasteiger partial charge >= 0.3 is 0 Å². The maximum atomic E-state index is 9.09. The van der Waals surface area contributed by atoms with Crippen molar-refractivity contribution in [3.63, 3.8) is 0 Å². The van der Waals surface area contributed by atoms with E-state index in [1.54, 1.807) is 19.3 Å². The maximum absolute atomic E-state index is 9.09. The molecule has 82 valence electrons. The molecule has 6 heteroatoms. The van der Waals surface area contributed by atoms with Crippen LogP contribution in [-0.2, 0) is 0 Å². The average molecular weight is 273 g/mol. The minimum absolute atomic E-state index is 0.226. The zero-order valence-electron chi connectivity index (χ0n) is 8.31. The van der Waals surface area contributed by atoms with E-state index in [1.165, 1.54) is 5.01 Å². The van der Waals surface area contributed by atoms with Crippen LogP contribution in [0.1, 0.15) is 5.69 Å². The monoisotopic (exact) mass is 272 g/mol. The van der Waals surface area contributed by atoms with Crippen molar-refractivity contribution in [3.05, 3.63) is 34.2 Å². The summed E-state index contributed by atoms with van der Waals surface area (Å²) in [7, 11) is 1.61. The lowest BCUT2D eigenvalue weighted by molar-refractivity contribution is 0.278. The van der Waals surface area contributed by atoms with E-state index < -0.39 is 0 Å². The largest absolute Gasteiger partial charge is 0.395 e. The number of nitrogens with zero attached hydrogens (tertiary/aromatic N) is 2. The number of nitrogens with two attached hydrogens (primary N) is 2. The van der Waals surface area contributed by atoms with Crippen LogP contribution in [0.3, 0.4) is 0 Å². The number of hydrazine groups is 1. The standard InChI is InChI=1S/C9H13BrN4O/c1-14(12)8(5-15)9(11)7-3-2-6(10)4-13-7/h2-4,15H,5,11-12H2,1H3/b9-8-. The molecular formula is C9H13BrN4O. The summed E-state index contributed by atoms with van der Waals surface area (Å²) in [5.74, 6) is 5.51. The Labute approximate surface area is 96.5 Å². The molecule has 1 aromatic rings. The van der Waals surface area contributed by atoms with Gasteiger partial charge in [-0.1, -0.05) is 0 Å². The number of hydrogen-bond acceptors (Lipinski definition) is 5. The first kappa shape index (κ1) is 12.0. The Bertz CT molecular complexity index is 361. The summed E-state index contributed by atoms with van der Waals surface area (Å²) in [5.41, 5.74) is 7.21. The highest BCUT2D eigenvalue weighted by Crippen LogP contribution is 2.14. The SMILES string of the molecule is CN(N)/C(CO)=C(\N)c1ccc(Br)cn1. The second-order valence-electron chi connectivity index (χ2n) is 2.99. The van der Waals surface area contributed by atoms with Crippen LogP contribution >= 0.6 is 15.9 Å². The van der Waals surface area contributed by atoms with Crippen molar-refractivity contribution in [2.75, 3.05) is 13.7 Å². The molecule has 5 N–H and O–H groups in total. The molecule has 1 rings (SSSR count). The molecule has 5 nitrogen and oxygen atoms in total. The maximum Gasteiger partial charge on any atom is 0.0879 e. The van der Waals surface area contributed by atoms with Gasteiger partial charge in [0.2, 0.25) is 0 Å². The van der Waals surface area contributed by atoms with Gasteiger partial charge in [0.15, 0.2) is 0 Å². The van der Waals surface area contributed by atoms with E-state index in [9.17, 15) is 0 Å². The highest BCUT2D eigenvalue weighted by molar-refractivity contribution is 9.10. The van der Waals surface area contributed by atoms with Crippen molar-refractivity contribution in [1.82, 2.24) is 9.99 Å². The van der Waals surface area contributed by atoms with Crippen molar-refractivity contribution >= 4 is 21.6 Å². The number of hydrogen-bond donors (Lipinski definition) is 3. The molecule has 0 aromatic carbocycles. The molecule has 0 aliphatic carbocycles. The fourth-order valence-corrected chi connectivity index (χ4v) is 1.30. The lowest BCUT2D eigenvalue weighted by atomic mass is 10.2. The number of aliphatic hydroxyl groups excluding tert-OH is 1. The Morgan fingerprint density at radius 1 is 1.60 bits per heavy atom. The van der Waals surface area contributed by atoms with E-state index in [1.807, 2.05) is 6.07 Å². The zero-order valence-corrected chi connectivity index (χ0v) is 9.90. The van der Waals surface area contributed by atoms with Crippen molar-refractivity contribution < 1.29 is 5.11 Å². The zero-order chi connectivity index (χ0) is 11.4. The van der Waals surface area contributed by atoms with E-state index in [0.29, 0.717) is 17.1 Å².